The number of aromatic amines is 1. The SMILES string of the molecule is CC1(C)CC1CNc1n[nH]c(N)n1. The van der Waals surface area contributed by atoms with Crippen molar-refractivity contribution in [1.29, 1.82) is 0 Å². The van der Waals surface area contributed by atoms with Crippen LogP contribution in [0.15, 0.2) is 0 Å². The molecule has 1 aromatic rings. The van der Waals surface area contributed by atoms with Crippen LogP contribution >= 0.6 is 0 Å². The Hall–Kier alpha value is -1.26. The van der Waals surface area contributed by atoms with Gasteiger partial charge >= 0.3 is 0 Å². The summed E-state index contributed by atoms with van der Waals surface area (Å²) in [6.07, 6.45) is 1.28. The van der Waals surface area contributed by atoms with Gasteiger partial charge in [-0.15, -0.1) is 5.10 Å². The Morgan fingerprint density at radius 1 is 1.69 bits per heavy atom. The standard InChI is InChI=1S/C8H15N5/c1-8(2)3-5(8)4-10-7-11-6(9)12-13-7/h5H,3-4H2,1-2H3,(H4,9,10,11,12,13). The summed E-state index contributed by atoms with van der Waals surface area (Å²) in [5.41, 5.74) is 5.88. The number of rotatable bonds is 3. The van der Waals surface area contributed by atoms with Crippen LogP contribution in [0.3, 0.4) is 0 Å². The van der Waals surface area contributed by atoms with Gasteiger partial charge in [0, 0.05) is 6.54 Å². The normalized spacial score (nSPS) is 24.3. The molecule has 1 unspecified atom stereocenters. The predicted molar refractivity (Wildman–Crippen MR) is 51.2 cm³/mol. The molecular weight excluding hydrogens is 166 g/mol. The Balaban J connectivity index is 1.81. The van der Waals surface area contributed by atoms with E-state index in [1.807, 2.05) is 0 Å². The second kappa shape index (κ2) is 2.61. The maximum absolute atomic E-state index is 5.38. The first kappa shape index (κ1) is 8.34. The molecule has 5 nitrogen and oxygen atoms in total. The van der Waals surface area contributed by atoms with Gasteiger partial charge < -0.3 is 11.1 Å². The molecule has 0 spiro atoms. The number of hydrogen-bond acceptors (Lipinski definition) is 4. The van der Waals surface area contributed by atoms with Crippen molar-refractivity contribution in [3.63, 3.8) is 0 Å². The Bertz CT molecular complexity index is 303. The van der Waals surface area contributed by atoms with Crippen molar-refractivity contribution in [2.45, 2.75) is 20.3 Å². The molecule has 1 saturated carbocycles. The maximum atomic E-state index is 5.38. The quantitative estimate of drug-likeness (QED) is 0.645. The average molecular weight is 181 g/mol. The van der Waals surface area contributed by atoms with Gasteiger partial charge in [-0.3, -0.25) is 0 Å². The first-order valence-corrected chi connectivity index (χ1v) is 4.50. The number of nitrogens with zero attached hydrogens (tertiary/aromatic N) is 2. The Morgan fingerprint density at radius 2 is 2.38 bits per heavy atom. The van der Waals surface area contributed by atoms with E-state index in [-0.39, 0.29) is 0 Å². The number of nitrogens with two attached hydrogens (primary N) is 1. The zero-order chi connectivity index (χ0) is 9.47. The highest BCUT2D eigenvalue weighted by molar-refractivity contribution is 5.30. The van der Waals surface area contributed by atoms with Crippen molar-refractivity contribution in [3.05, 3.63) is 0 Å². The minimum Gasteiger partial charge on any atom is -0.368 e. The molecule has 1 atom stereocenters. The second-order valence-corrected chi connectivity index (χ2v) is 4.31. The molecule has 1 fully saturated rings. The highest BCUT2D eigenvalue weighted by Crippen LogP contribution is 2.51. The fraction of sp³-hybridized carbons (Fsp3) is 0.750. The summed E-state index contributed by atoms with van der Waals surface area (Å²) in [5, 5.41) is 9.63. The number of H-pyrrole nitrogens is 1. The van der Waals surface area contributed by atoms with Crippen molar-refractivity contribution < 1.29 is 0 Å². The lowest BCUT2D eigenvalue weighted by Crippen LogP contribution is -2.08. The Morgan fingerprint density at radius 3 is 2.85 bits per heavy atom. The first-order valence-electron chi connectivity index (χ1n) is 4.50. The molecule has 2 rings (SSSR count). The fourth-order valence-electron chi connectivity index (χ4n) is 1.49. The van der Waals surface area contributed by atoms with Gasteiger partial charge in [0.2, 0.25) is 11.9 Å². The number of nitrogens with one attached hydrogen (secondary N) is 2. The first-order chi connectivity index (χ1) is 6.08. The van der Waals surface area contributed by atoms with E-state index in [0.717, 1.165) is 12.5 Å². The summed E-state index contributed by atoms with van der Waals surface area (Å²) in [7, 11) is 0. The molecule has 1 aliphatic rings. The van der Waals surface area contributed by atoms with Gasteiger partial charge in [-0.05, 0) is 17.8 Å². The van der Waals surface area contributed by atoms with E-state index >= 15 is 0 Å². The third-order valence-corrected chi connectivity index (χ3v) is 2.73. The zero-order valence-electron chi connectivity index (χ0n) is 7.96. The van der Waals surface area contributed by atoms with E-state index in [2.05, 4.69) is 34.3 Å². The third-order valence-electron chi connectivity index (χ3n) is 2.73. The Labute approximate surface area is 77.1 Å². The molecule has 0 saturated heterocycles. The summed E-state index contributed by atoms with van der Waals surface area (Å²) < 4.78 is 0. The number of nitrogen functional groups attached to an aromatic ring is 1. The smallest absolute Gasteiger partial charge is 0.243 e. The van der Waals surface area contributed by atoms with Gasteiger partial charge in [-0.1, -0.05) is 13.8 Å². The topological polar surface area (TPSA) is 79.6 Å². The molecule has 0 aliphatic heterocycles. The van der Waals surface area contributed by atoms with Crippen molar-refractivity contribution in [2.75, 3.05) is 17.6 Å². The van der Waals surface area contributed by atoms with Gasteiger partial charge in [-0.2, -0.15) is 4.98 Å². The minimum absolute atomic E-state index is 0.359. The van der Waals surface area contributed by atoms with Crippen molar-refractivity contribution in [2.24, 2.45) is 11.3 Å². The molecule has 0 radical (unpaired) electrons. The maximum Gasteiger partial charge on any atom is 0.243 e. The van der Waals surface area contributed by atoms with Crippen LogP contribution in [0.5, 0.6) is 0 Å². The molecule has 0 amide bonds. The number of anilines is 2. The van der Waals surface area contributed by atoms with E-state index < -0.39 is 0 Å². The van der Waals surface area contributed by atoms with Crippen LogP contribution in [-0.4, -0.2) is 21.7 Å². The van der Waals surface area contributed by atoms with E-state index in [0.29, 0.717) is 17.3 Å². The van der Waals surface area contributed by atoms with Crippen LogP contribution in [0.1, 0.15) is 20.3 Å². The lowest BCUT2D eigenvalue weighted by Gasteiger charge is -2.02. The highest BCUT2D eigenvalue weighted by Gasteiger charge is 2.45. The van der Waals surface area contributed by atoms with E-state index in [1.165, 1.54) is 6.42 Å². The molecule has 5 heteroatoms. The van der Waals surface area contributed by atoms with Gasteiger partial charge in [0.15, 0.2) is 0 Å². The van der Waals surface area contributed by atoms with E-state index in [9.17, 15) is 0 Å². The zero-order valence-corrected chi connectivity index (χ0v) is 7.96. The molecule has 4 N–H and O–H groups in total. The molecular formula is C8H15N5. The van der Waals surface area contributed by atoms with E-state index in [4.69, 9.17) is 5.73 Å². The molecule has 1 aliphatic carbocycles. The number of aromatic nitrogens is 3. The van der Waals surface area contributed by atoms with Gasteiger partial charge in [0.25, 0.3) is 0 Å². The fourth-order valence-corrected chi connectivity index (χ4v) is 1.49. The average Bonchev–Trinajstić information content (AvgIpc) is 2.45. The van der Waals surface area contributed by atoms with Gasteiger partial charge in [0.1, 0.15) is 0 Å². The molecule has 0 bridgehead atoms. The van der Waals surface area contributed by atoms with Crippen molar-refractivity contribution in [1.82, 2.24) is 15.2 Å². The molecule has 0 aromatic carbocycles. The molecule has 1 heterocycles. The lowest BCUT2D eigenvalue weighted by molar-refractivity contribution is 0.572. The summed E-state index contributed by atoms with van der Waals surface area (Å²) in [5.74, 6) is 1.70. The second-order valence-electron chi connectivity index (χ2n) is 4.31. The van der Waals surface area contributed by atoms with Crippen LogP contribution in [0.25, 0.3) is 0 Å². The Kier molecular flexibility index (Phi) is 1.68. The van der Waals surface area contributed by atoms with Crippen LogP contribution in [-0.2, 0) is 0 Å². The summed E-state index contributed by atoms with van der Waals surface area (Å²) in [4.78, 5) is 3.96. The third kappa shape index (κ3) is 1.74. The van der Waals surface area contributed by atoms with Crippen LogP contribution in [0.4, 0.5) is 11.9 Å². The predicted octanol–water partition coefficient (Wildman–Crippen LogP) is 0.845. The van der Waals surface area contributed by atoms with Gasteiger partial charge in [-0.25, -0.2) is 5.10 Å². The highest BCUT2D eigenvalue weighted by atomic mass is 15.3. The summed E-state index contributed by atoms with van der Waals surface area (Å²) in [6, 6.07) is 0. The molecule has 72 valence electrons. The largest absolute Gasteiger partial charge is 0.368 e. The molecule has 1 aromatic heterocycles. The van der Waals surface area contributed by atoms with Gasteiger partial charge in [0.05, 0.1) is 0 Å². The van der Waals surface area contributed by atoms with Crippen LogP contribution < -0.4 is 11.1 Å². The summed E-state index contributed by atoms with van der Waals surface area (Å²) >= 11 is 0. The van der Waals surface area contributed by atoms with Crippen molar-refractivity contribution in [3.8, 4) is 0 Å². The molecule has 13 heavy (non-hydrogen) atoms. The van der Waals surface area contributed by atoms with E-state index in [1.54, 1.807) is 0 Å². The monoisotopic (exact) mass is 181 g/mol. The van der Waals surface area contributed by atoms with Crippen LogP contribution in [0, 0.1) is 11.3 Å². The number of hydrogen-bond donors (Lipinski definition) is 3. The lowest BCUT2D eigenvalue weighted by atomic mass is 10.1. The van der Waals surface area contributed by atoms with Crippen molar-refractivity contribution >= 4 is 11.9 Å². The van der Waals surface area contributed by atoms with Crippen LogP contribution in [0.2, 0.25) is 0 Å². The minimum atomic E-state index is 0.359. The summed E-state index contributed by atoms with van der Waals surface area (Å²) in [6.45, 7) is 5.47.